The highest BCUT2D eigenvalue weighted by Gasteiger charge is 2.55. The Hall–Kier alpha value is -3.20. The van der Waals surface area contributed by atoms with Crippen LogP contribution >= 0.6 is 11.6 Å². The lowest BCUT2D eigenvalue weighted by molar-refractivity contribution is -0.134. The first-order chi connectivity index (χ1) is 20.0. The van der Waals surface area contributed by atoms with Crippen LogP contribution < -0.4 is 16.0 Å². The molecule has 234 valence electrons. The van der Waals surface area contributed by atoms with E-state index in [-0.39, 0.29) is 40.6 Å². The number of aliphatic hydroxyl groups excluding tert-OH is 1. The number of hydrogen-bond donors (Lipinski definition) is 5. The van der Waals surface area contributed by atoms with E-state index < -0.39 is 79.8 Å². The van der Waals surface area contributed by atoms with Gasteiger partial charge in [-0.1, -0.05) is 11.6 Å². The molecule has 2 aromatic carbocycles. The molecule has 2 saturated carbocycles. The van der Waals surface area contributed by atoms with Crippen LogP contribution in [0.25, 0.3) is 0 Å². The predicted octanol–water partition coefficient (Wildman–Crippen LogP) is 2.70. The van der Waals surface area contributed by atoms with Gasteiger partial charge in [-0.2, -0.15) is 0 Å². The van der Waals surface area contributed by atoms with E-state index in [4.69, 9.17) is 11.6 Å². The third-order valence-electron chi connectivity index (χ3n) is 8.23. The van der Waals surface area contributed by atoms with Crippen molar-refractivity contribution in [2.24, 2.45) is 11.8 Å². The molecule has 0 spiro atoms. The molecular weight excluding hydrogens is 615 g/mol. The van der Waals surface area contributed by atoms with Crippen molar-refractivity contribution in [3.63, 3.8) is 0 Å². The number of rotatable bonds is 9. The summed E-state index contributed by atoms with van der Waals surface area (Å²) < 4.78 is 67.9. The molecule has 15 heteroatoms. The second kappa shape index (κ2) is 12.4. The van der Waals surface area contributed by atoms with Gasteiger partial charge in [0.1, 0.15) is 12.1 Å². The number of sulfone groups is 1. The minimum Gasteiger partial charge on any atom is -0.387 e. The van der Waals surface area contributed by atoms with Gasteiger partial charge in [-0.25, -0.2) is 21.6 Å². The van der Waals surface area contributed by atoms with Crippen molar-refractivity contribution in [3.8, 4) is 0 Å². The lowest BCUT2D eigenvalue weighted by Gasteiger charge is -2.42. The Morgan fingerprint density at radius 3 is 2.16 bits per heavy atom. The molecular formula is C28H31ClF3N3O7S. The highest BCUT2D eigenvalue weighted by atomic mass is 35.5. The van der Waals surface area contributed by atoms with Gasteiger partial charge in [0.2, 0.25) is 11.8 Å². The first-order valence-electron chi connectivity index (χ1n) is 13.5. The van der Waals surface area contributed by atoms with Gasteiger partial charge in [0.25, 0.3) is 5.91 Å². The Labute approximate surface area is 250 Å². The summed E-state index contributed by atoms with van der Waals surface area (Å²) in [6.07, 6.45) is -0.169. The molecule has 0 saturated heterocycles. The first-order valence-corrected chi connectivity index (χ1v) is 15.4. The lowest BCUT2D eigenvalue weighted by Crippen LogP contribution is -2.57. The van der Waals surface area contributed by atoms with Gasteiger partial charge in [-0.05, 0) is 69.6 Å². The molecule has 0 aliphatic heterocycles. The third-order valence-corrected chi connectivity index (χ3v) is 10.9. The van der Waals surface area contributed by atoms with Crippen LogP contribution in [0.2, 0.25) is 5.02 Å². The second-order valence-electron chi connectivity index (χ2n) is 11.1. The molecule has 10 nitrogen and oxygen atoms in total. The molecule has 0 aromatic heterocycles. The fourth-order valence-electron chi connectivity index (χ4n) is 5.81. The third kappa shape index (κ3) is 6.66. The van der Waals surface area contributed by atoms with Crippen LogP contribution in [-0.4, -0.2) is 65.9 Å². The standard InChI is InChI=1S/C28H31ClF3N3O7S/c1-13(34-26(38)14(2)36)25(37)33-12-28(40)16-4-5-17(28)9-19(8-16)43(41,42)23-7-15(3-6-20(23)29)27(39)35-18-10-21(30)24(32)22(31)11-18/h3,6-7,10-11,13-14,16-17,19,36,40H,4-5,8-9,12H2,1-2H3,(H,33,37)(H,34,38)(H,35,39)/t13-,14-,16?,17?,19?,28?/m0/s1. The first kappa shape index (κ1) is 32.7. The van der Waals surface area contributed by atoms with Gasteiger partial charge >= 0.3 is 0 Å². The van der Waals surface area contributed by atoms with Crippen LogP contribution in [0.15, 0.2) is 35.2 Å². The second-order valence-corrected chi connectivity index (χ2v) is 13.7. The predicted molar refractivity (Wildman–Crippen MR) is 149 cm³/mol. The summed E-state index contributed by atoms with van der Waals surface area (Å²) in [6, 6.07) is 3.66. The molecule has 4 atom stereocenters. The molecule has 2 aliphatic carbocycles. The van der Waals surface area contributed by atoms with Crippen LogP contribution in [0, 0.1) is 29.3 Å². The number of halogens is 4. The number of benzene rings is 2. The van der Waals surface area contributed by atoms with Crippen molar-refractivity contribution >= 4 is 44.8 Å². The Morgan fingerprint density at radius 1 is 1.02 bits per heavy atom. The molecule has 5 N–H and O–H groups in total. The number of amides is 3. The lowest BCUT2D eigenvalue weighted by atomic mass is 9.74. The van der Waals surface area contributed by atoms with Crippen molar-refractivity contribution in [1.82, 2.24) is 10.6 Å². The Bertz CT molecular complexity index is 1520. The normalized spacial score (nSPS) is 24.6. The zero-order chi connectivity index (χ0) is 31.9. The monoisotopic (exact) mass is 645 g/mol. The van der Waals surface area contributed by atoms with Crippen LogP contribution in [0.4, 0.5) is 18.9 Å². The number of carbonyl (C=O) groups is 3. The quantitative estimate of drug-likeness (QED) is 0.262. The number of nitrogens with one attached hydrogen (secondary N) is 3. The van der Waals surface area contributed by atoms with Crippen LogP contribution in [0.1, 0.15) is 49.9 Å². The molecule has 2 aliphatic rings. The van der Waals surface area contributed by atoms with Crippen LogP contribution in [0.3, 0.4) is 0 Å². The highest BCUT2D eigenvalue weighted by molar-refractivity contribution is 7.92. The van der Waals surface area contributed by atoms with Gasteiger partial charge in [0.05, 0.1) is 20.8 Å². The Morgan fingerprint density at radius 2 is 1.60 bits per heavy atom. The number of fused-ring (bicyclic) bond motifs is 2. The maximum Gasteiger partial charge on any atom is 0.255 e. The van der Waals surface area contributed by atoms with E-state index in [1.165, 1.54) is 26.0 Å². The topological polar surface area (TPSA) is 162 Å². The zero-order valence-electron chi connectivity index (χ0n) is 23.2. The van der Waals surface area contributed by atoms with Crippen LogP contribution in [0.5, 0.6) is 0 Å². The number of anilines is 1. The summed E-state index contributed by atoms with van der Waals surface area (Å²) in [5.74, 6) is -7.92. The average Bonchev–Trinajstić information content (AvgIpc) is 3.09. The highest BCUT2D eigenvalue weighted by Crippen LogP contribution is 2.52. The minimum absolute atomic E-state index is 0.0560. The summed E-state index contributed by atoms with van der Waals surface area (Å²) in [6.45, 7) is 2.51. The number of carbonyl (C=O) groups excluding carboxylic acids is 3. The van der Waals surface area contributed by atoms with Crippen molar-refractivity contribution in [1.29, 1.82) is 0 Å². The molecule has 2 fully saturated rings. The van der Waals surface area contributed by atoms with Crippen LogP contribution in [-0.2, 0) is 19.4 Å². The van der Waals surface area contributed by atoms with Crippen molar-refractivity contribution in [2.75, 3.05) is 11.9 Å². The van der Waals surface area contributed by atoms with E-state index >= 15 is 0 Å². The maximum atomic E-state index is 13.7. The van der Waals surface area contributed by atoms with E-state index in [0.29, 0.717) is 25.0 Å². The Kier molecular flexibility index (Phi) is 9.45. The van der Waals surface area contributed by atoms with Crippen molar-refractivity contribution in [3.05, 3.63) is 58.4 Å². The molecule has 3 amide bonds. The fourth-order valence-corrected chi connectivity index (χ4v) is 8.21. The van der Waals surface area contributed by atoms with Crippen molar-refractivity contribution < 1.29 is 46.2 Å². The maximum absolute atomic E-state index is 13.7. The van der Waals surface area contributed by atoms with Gasteiger partial charge in [0, 0.05) is 29.9 Å². The van der Waals surface area contributed by atoms with E-state index in [2.05, 4.69) is 16.0 Å². The summed E-state index contributed by atoms with van der Waals surface area (Å²) in [7, 11) is -4.13. The molecule has 4 rings (SSSR count). The molecule has 2 bridgehead atoms. The average molecular weight is 646 g/mol. The molecule has 43 heavy (non-hydrogen) atoms. The zero-order valence-corrected chi connectivity index (χ0v) is 24.7. The van der Waals surface area contributed by atoms with E-state index in [1.54, 1.807) is 0 Å². The summed E-state index contributed by atoms with van der Waals surface area (Å²) in [5.41, 5.74) is -1.94. The van der Waals surface area contributed by atoms with Gasteiger partial charge in [-0.15, -0.1) is 0 Å². The number of aliphatic hydroxyl groups is 2. The van der Waals surface area contributed by atoms with Gasteiger partial charge in [0.15, 0.2) is 27.3 Å². The summed E-state index contributed by atoms with van der Waals surface area (Å²) >= 11 is 6.24. The molecule has 0 radical (unpaired) electrons. The number of hydrogen-bond acceptors (Lipinski definition) is 7. The SMILES string of the molecule is C[C@H](O)C(=O)N[C@@H](C)C(=O)NCC1(O)C2CCC1CC(S(=O)(=O)c1cc(C(=O)Nc3cc(F)c(F)c(F)c3)ccc1Cl)C2. The summed E-state index contributed by atoms with van der Waals surface area (Å²) in [4.78, 5) is 36.6. The van der Waals surface area contributed by atoms with E-state index in [9.17, 15) is 46.2 Å². The smallest absolute Gasteiger partial charge is 0.255 e. The fraction of sp³-hybridized carbons (Fsp3) is 0.464. The van der Waals surface area contributed by atoms with Gasteiger partial charge in [-0.3, -0.25) is 14.4 Å². The van der Waals surface area contributed by atoms with Gasteiger partial charge < -0.3 is 26.2 Å². The molecule has 2 aromatic rings. The summed E-state index contributed by atoms with van der Waals surface area (Å²) in [5, 5.41) is 26.9. The molecule has 0 heterocycles. The van der Waals surface area contributed by atoms with E-state index in [0.717, 1.165) is 6.07 Å². The Balaban J connectivity index is 1.47. The largest absolute Gasteiger partial charge is 0.387 e. The minimum atomic E-state index is -4.13. The van der Waals surface area contributed by atoms with E-state index in [1.807, 2.05) is 0 Å². The van der Waals surface area contributed by atoms with Crippen molar-refractivity contribution in [2.45, 2.75) is 67.4 Å². The molecule has 2 unspecified atom stereocenters.